The van der Waals surface area contributed by atoms with Gasteiger partial charge in [0.15, 0.2) is 0 Å². The average molecular weight is 438 g/mol. The van der Waals surface area contributed by atoms with Crippen LogP contribution in [0.5, 0.6) is 0 Å². The third-order valence-corrected chi connectivity index (χ3v) is 5.86. The Morgan fingerprint density at radius 3 is 2.63 bits per heavy atom. The maximum absolute atomic E-state index is 6.44. The standard InChI is InChI=1S/C23H24ClN5S/c1-23(2,3)28-30-18-11-17(14-25-15-18)20-12-21(22-19(24)9-10-29(22)27-20)26-13-16-7-5-4-6-8-16/h4-12,14-15,26,28H,13H2,1-3H3. The second-order valence-corrected chi connectivity index (χ2v) is 9.39. The summed E-state index contributed by atoms with van der Waals surface area (Å²) in [6.45, 7) is 7.10. The van der Waals surface area contributed by atoms with Gasteiger partial charge in [-0.05, 0) is 56.5 Å². The average Bonchev–Trinajstić information content (AvgIpc) is 3.12. The Hall–Kier alpha value is -2.54. The summed E-state index contributed by atoms with van der Waals surface area (Å²) in [5.74, 6) is 0. The molecule has 0 unspecified atom stereocenters. The Kier molecular flexibility index (Phi) is 5.99. The predicted octanol–water partition coefficient (Wildman–Crippen LogP) is 6.06. The van der Waals surface area contributed by atoms with Gasteiger partial charge in [0.25, 0.3) is 0 Å². The molecule has 0 atom stereocenters. The first-order valence-electron chi connectivity index (χ1n) is 9.74. The van der Waals surface area contributed by atoms with Crippen molar-refractivity contribution in [3.05, 3.63) is 77.7 Å². The van der Waals surface area contributed by atoms with E-state index in [2.05, 4.69) is 54.0 Å². The minimum atomic E-state index is 0.00818. The first-order valence-corrected chi connectivity index (χ1v) is 10.9. The molecule has 7 heteroatoms. The van der Waals surface area contributed by atoms with Crippen LogP contribution in [0.3, 0.4) is 0 Å². The van der Waals surface area contributed by atoms with Gasteiger partial charge in [-0.2, -0.15) is 5.10 Å². The molecule has 2 N–H and O–H groups in total. The first kappa shape index (κ1) is 20.7. The number of anilines is 1. The molecule has 0 aliphatic rings. The van der Waals surface area contributed by atoms with Crippen molar-refractivity contribution in [2.75, 3.05) is 5.32 Å². The molecular weight excluding hydrogens is 414 g/mol. The number of pyridine rings is 1. The summed E-state index contributed by atoms with van der Waals surface area (Å²) in [4.78, 5) is 5.45. The van der Waals surface area contributed by atoms with Gasteiger partial charge in [0.1, 0.15) is 5.52 Å². The Balaban J connectivity index is 1.66. The van der Waals surface area contributed by atoms with Crippen molar-refractivity contribution in [3.63, 3.8) is 0 Å². The molecule has 0 amide bonds. The zero-order valence-electron chi connectivity index (χ0n) is 17.2. The fourth-order valence-corrected chi connectivity index (χ4v) is 3.95. The number of hydrogen-bond acceptors (Lipinski definition) is 5. The molecule has 0 fully saturated rings. The maximum atomic E-state index is 6.44. The summed E-state index contributed by atoms with van der Waals surface area (Å²) in [7, 11) is 0. The van der Waals surface area contributed by atoms with Gasteiger partial charge in [-0.25, -0.2) is 4.52 Å². The van der Waals surface area contributed by atoms with Gasteiger partial charge < -0.3 is 5.32 Å². The van der Waals surface area contributed by atoms with Crippen LogP contribution in [0.2, 0.25) is 5.02 Å². The molecule has 0 aliphatic carbocycles. The highest BCUT2D eigenvalue weighted by Gasteiger charge is 2.13. The van der Waals surface area contributed by atoms with Gasteiger partial charge in [-0.1, -0.05) is 41.9 Å². The van der Waals surface area contributed by atoms with E-state index < -0.39 is 0 Å². The predicted molar refractivity (Wildman–Crippen MR) is 126 cm³/mol. The van der Waals surface area contributed by atoms with Gasteiger partial charge in [-0.3, -0.25) is 9.71 Å². The zero-order valence-corrected chi connectivity index (χ0v) is 18.8. The summed E-state index contributed by atoms with van der Waals surface area (Å²) in [5, 5.41) is 8.94. The Bertz CT molecular complexity index is 1150. The van der Waals surface area contributed by atoms with Crippen LogP contribution in [-0.4, -0.2) is 20.1 Å². The molecule has 4 rings (SSSR count). The van der Waals surface area contributed by atoms with Gasteiger partial charge in [0.2, 0.25) is 0 Å². The van der Waals surface area contributed by atoms with E-state index in [1.165, 1.54) is 5.56 Å². The van der Waals surface area contributed by atoms with Crippen LogP contribution in [-0.2, 0) is 6.54 Å². The molecule has 3 heterocycles. The van der Waals surface area contributed by atoms with E-state index in [1.807, 2.05) is 53.4 Å². The lowest BCUT2D eigenvalue weighted by molar-refractivity contribution is 0.535. The number of benzene rings is 1. The number of halogens is 1. The van der Waals surface area contributed by atoms with E-state index in [-0.39, 0.29) is 5.54 Å². The summed E-state index contributed by atoms with van der Waals surface area (Å²) in [6, 6.07) is 16.3. The highest BCUT2D eigenvalue weighted by molar-refractivity contribution is 7.97. The highest BCUT2D eigenvalue weighted by Crippen LogP contribution is 2.31. The van der Waals surface area contributed by atoms with Crippen LogP contribution < -0.4 is 10.0 Å². The number of rotatable bonds is 6. The monoisotopic (exact) mass is 437 g/mol. The fourth-order valence-electron chi connectivity index (χ4n) is 2.98. The fraction of sp³-hybridized carbons (Fsp3) is 0.217. The SMILES string of the molecule is CC(C)(C)NSc1cncc(-c2cc(NCc3ccccc3)c3c(Cl)ccn3n2)c1. The Morgan fingerprint density at radius 2 is 1.87 bits per heavy atom. The molecule has 154 valence electrons. The largest absolute Gasteiger partial charge is 0.379 e. The number of nitrogens with zero attached hydrogens (tertiary/aromatic N) is 3. The molecule has 4 aromatic rings. The molecular formula is C23H24ClN5S. The van der Waals surface area contributed by atoms with Crippen molar-refractivity contribution in [3.8, 4) is 11.3 Å². The summed E-state index contributed by atoms with van der Waals surface area (Å²) in [5.41, 5.74) is 4.79. The number of fused-ring (bicyclic) bond motifs is 1. The Morgan fingerprint density at radius 1 is 1.07 bits per heavy atom. The number of aromatic nitrogens is 3. The summed E-state index contributed by atoms with van der Waals surface area (Å²) < 4.78 is 5.24. The number of hydrogen-bond donors (Lipinski definition) is 2. The lowest BCUT2D eigenvalue weighted by atomic mass is 10.1. The van der Waals surface area contributed by atoms with Crippen molar-refractivity contribution in [2.24, 2.45) is 0 Å². The second-order valence-electron chi connectivity index (χ2n) is 8.10. The van der Waals surface area contributed by atoms with Crippen LogP contribution in [0.15, 0.2) is 72.0 Å². The van der Waals surface area contributed by atoms with E-state index in [4.69, 9.17) is 16.7 Å². The summed E-state index contributed by atoms with van der Waals surface area (Å²) in [6.07, 6.45) is 5.57. The van der Waals surface area contributed by atoms with E-state index in [0.29, 0.717) is 11.6 Å². The van der Waals surface area contributed by atoms with Gasteiger partial charge >= 0.3 is 0 Å². The first-order chi connectivity index (χ1) is 14.4. The lowest BCUT2D eigenvalue weighted by Gasteiger charge is -2.19. The summed E-state index contributed by atoms with van der Waals surface area (Å²) >= 11 is 8.01. The molecule has 5 nitrogen and oxygen atoms in total. The third kappa shape index (κ3) is 4.95. The normalized spacial score (nSPS) is 11.7. The smallest absolute Gasteiger partial charge is 0.106 e. The zero-order chi connectivity index (χ0) is 21.1. The van der Waals surface area contributed by atoms with Crippen molar-refractivity contribution in [1.29, 1.82) is 0 Å². The maximum Gasteiger partial charge on any atom is 0.106 e. The minimum absolute atomic E-state index is 0.00818. The van der Waals surface area contributed by atoms with Crippen LogP contribution in [0.25, 0.3) is 16.8 Å². The molecule has 0 radical (unpaired) electrons. The number of nitrogens with one attached hydrogen (secondary N) is 2. The van der Waals surface area contributed by atoms with Crippen molar-refractivity contribution < 1.29 is 0 Å². The molecule has 0 spiro atoms. The topological polar surface area (TPSA) is 54.2 Å². The van der Waals surface area contributed by atoms with E-state index in [9.17, 15) is 0 Å². The Labute approximate surface area is 186 Å². The van der Waals surface area contributed by atoms with Crippen molar-refractivity contribution in [2.45, 2.75) is 37.8 Å². The van der Waals surface area contributed by atoms with Crippen molar-refractivity contribution in [1.82, 2.24) is 19.3 Å². The molecule has 1 aromatic carbocycles. The molecule has 0 aliphatic heterocycles. The molecule has 3 aromatic heterocycles. The van der Waals surface area contributed by atoms with Crippen LogP contribution >= 0.6 is 23.5 Å². The minimum Gasteiger partial charge on any atom is -0.379 e. The van der Waals surface area contributed by atoms with Crippen LogP contribution in [0.1, 0.15) is 26.3 Å². The van der Waals surface area contributed by atoms with E-state index in [1.54, 1.807) is 11.9 Å². The molecule has 0 saturated heterocycles. The van der Waals surface area contributed by atoms with Gasteiger partial charge in [-0.15, -0.1) is 0 Å². The van der Waals surface area contributed by atoms with E-state index in [0.717, 1.165) is 27.4 Å². The lowest BCUT2D eigenvalue weighted by Crippen LogP contribution is -2.29. The van der Waals surface area contributed by atoms with Gasteiger partial charge in [0.05, 0.1) is 16.4 Å². The third-order valence-electron chi connectivity index (χ3n) is 4.38. The van der Waals surface area contributed by atoms with Gasteiger partial charge in [0, 0.05) is 41.1 Å². The second kappa shape index (κ2) is 8.68. The van der Waals surface area contributed by atoms with Crippen LogP contribution in [0.4, 0.5) is 5.69 Å². The quantitative estimate of drug-likeness (QED) is 0.359. The molecule has 0 saturated carbocycles. The highest BCUT2D eigenvalue weighted by atomic mass is 35.5. The van der Waals surface area contributed by atoms with E-state index >= 15 is 0 Å². The van der Waals surface area contributed by atoms with Crippen LogP contribution in [0, 0.1) is 0 Å². The molecule has 0 bridgehead atoms. The van der Waals surface area contributed by atoms with Crippen molar-refractivity contribution >= 4 is 34.8 Å². The molecule has 30 heavy (non-hydrogen) atoms.